The van der Waals surface area contributed by atoms with Crippen molar-refractivity contribution < 1.29 is 9.59 Å². The SMILES string of the molecule is O=C1C2=CC=CCC2C(=O)c2cc(Cl)c3[nH]c4c([nH]c3c21)c(Cl)cc1c(=O)c2ccccc2c(=O)c14. The molecule has 2 N–H and O–H groups in total. The van der Waals surface area contributed by atoms with Crippen LogP contribution in [0, 0.1) is 5.92 Å². The van der Waals surface area contributed by atoms with Gasteiger partial charge in [-0.15, -0.1) is 0 Å². The van der Waals surface area contributed by atoms with Crippen LogP contribution in [0.25, 0.3) is 43.6 Å². The van der Waals surface area contributed by atoms with Gasteiger partial charge in [0.25, 0.3) is 0 Å². The Hall–Kier alpha value is -4.00. The molecule has 0 saturated heterocycles. The number of rotatable bonds is 0. The smallest absolute Gasteiger partial charge is 0.196 e. The molecular weight excluding hydrogens is 499 g/mol. The average molecular weight is 513 g/mol. The Labute approximate surface area is 211 Å². The summed E-state index contributed by atoms with van der Waals surface area (Å²) >= 11 is 13.2. The normalized spacial score (nSPS) is 17.2. The van der Waals surface area contributed by atoms with Crippen molar-refractivity contribution >= 4 is 78.4 Å². The molecule has 36 heavy (non-hydrogen) atoms. The molecule has 0 bridgehead atoms. The molecule has 0 spiro atoms. The van der Waals surface area contributed by atoms with Crippen molar-refractivity contribution in [3.63, 3.8) is 0 Å². The van der Waals surface area contributed by atoms with E-state index >= 15 is 0 Å². The van der Waals surface area contributed by atoms with Crippen molar-refractivity contribution in [3.05, 3.63) is 102 Å². The van der Waals surface area contributed by atoms with E-state index in [1.54, 1.807) is 36.4 Å². The van der Waals surface area contributed by atoms with Gasteiger partial charge in [0.15, 0.2) is 22.4 Å². The number of H-pyrrole nitrogens is 2. The lowest BCUT2D eigenvalue weighted by atomic mass is 9.74. The Morgan fingerprint density at radius 2 is 1.44 bits per heavy atom. The van der Waals surface area contributed by atoms with E-state index in [1.165, 1.54) is 12.1 Å². The van der Waals surface area contributed by atoms with Crippen LogP contribution in [0.5, 0.6) is 0 Å². The van der Waals surface area contributed by atoms with Crippen LogP contribution in [-0.2, 0) is 0 Å². The van der Waals surface area contributed by atoms with Gasteiger partial charge in [-0.2, -0.15) is 0 Å². The third-order valence-electron chi connectivity index (χ3n) is 7.18. The predicted molar refractivity (Wildman–Crippen MR) is 142 cm³/mol. The molecule has 1 unspecified atom stereocenters. The largest absolute Gasteiger partial charge is 0.350 e. The first kappa shape index (κ1) is 21.3. The van der Waals surface area contributed by atoms with Crippen LogP contribution in [0.15, 0.2) is 69.8 Å². The number of allylic oxidation sites excluding steroid dienone is 4. The third kappa shape index (κ3) is 2.63. The number of aromatic amines is 2. The number of fused-ring (bicyclic) bond motifs is 8. The van der Waals surface area contributed by atoms with Gasteiger partial charge in [-0.1, -0.05) is 65.7 Å². The number of carbonyl (C=O) groups excluding carboxylic acids is 2. The lowest BCUT2D eigenvalue weighted by Crippen LogP contribution is -2.31. The second-order valence-corrected chi connectivity index (χ2v) is 9.86. The Bertz CT molecular complexity index is 2080. The van der Waals surface area contributed by atoms with E-state index in [2.05, 4.69) is 9.97 Å². The van der Waals surface area contributed by atoms with Crippen LogP contribution in [0.2, 0.25) is 10.0 Å². The van der Waals surface area contributed by atoms with Gasteiger partial charge in [-0.3, -0.25) is 19.2 Å². The van der Waals surface area contributed by atoms with E-state index in [4.69, 9.17) is 23.2 Å². The van der Waals surface area contributed by atoms with E-state index < -0.39 is 5.92 Å². The fourth-order valence-corrected chi connectivity index (χ4v) is 5.99. The minimum Gasteiger partial charge on any atom is -0.350 e. The van der Waals surface area contributed by atoms with Crippen LogP contribution in [0.1, 0.15) is 27.1 Å². The lowest BCUT2D eigenvalue weighted by molar-refractivity contribution is 0.0883. The summed E-state index contributed by atoms with van der Waals surface area (Å²) in [7, 11) is 0. The van der Waals surface area contributed by atoms with E-state index in [1.807, 2.05) is 6.08 Å². The molecule has 0 fully saturated rings. The molecule has 1 atom stereocenters. The molecule has 174 valence electrons. The first-order valence-corrected chi connectivity index (χ1v) is 12.0. The Kier molecular flexibility index (Phi) is 4.29. The van der Waals surface area contributed by atoms with Gasteiger partial charge < -0.3 is 9.97 Å². The van der Waals surface area contributed by atoms with E-state index in [9.17, 15) is 19.2 Å². The number of halogens is 2. The molecule has 0 aliphatic heterocycles. The summed E-state index contributed by atoms with van der Waals surface area (Å²) in [4.78, 5) is 59.9. The van der Waals surface area contributed by atoms with Crippen molar-refractivity contribution in [1.82, 2.24) is 9.97 Å². The second-order valence-electron chi connectivity index (χ2n) is 9.05. The van der Waals surface area contributed by atoms with E-state index in [-0.39, 0.29) is 54.4 Å². The van der Waals surface area contributed by atoms with Gasteiger partial charge in [0, 0.05) is 27.3 Å². The highest BCUT2D eigenvalue weighted by molar-refractivity contribution is 6.40. The summed E-state index contributed by atoms with van der Waals surface area (Å²) < 4.78 is 0. The fraction of sp³-hybridized carbons (Fsp3) is 0.0714. The molecule has 1 heterocycles. The zero-order valence-corrected chi connectivity index (χ0v) is 19.9. The monoisotopic (exact) mass is 512 g/mol. The zero-order chi connectivity index (χ0) is 24.9. The maximum absolute atomic E-state index is 13.5. The maximum atomic E-state index is 13.5. The summed E-state index contributed by atoms with van der Waals surface area (Å²) in [6, 6.07) is 9.58. The Balaban J connectivity index is 1.67. The number of Topliss-reactive ketones (excluding diaryl/α,β-unsaturated/α-hetero) is 2. The number of ketones is 2. The summed E-state index contributed by atoms with van der Waals surface area (Å²) in [5.41, 5.74) is 1.52. The first-order valence-electron chi connectivity index (χ1n) is 11.3. The second kappa shape index (κ2) is 7.26. The molecule has 2 aliphatic carbocycles. The van der Waals surface area contributed by atoms with Crippen molar-refractivity contribution in [2.75, 3.05) is 0 Å². The summed E-state index contributed by atoms with van der Waals surface area (Å²) in [5.74, 6) is -0.974. The highest BCUT2D eigenvalue weighted by Gasteiger charge is 2.39. The summed E-state index contributed by atoms with van der Waals surface area (Å²) in [6.45, 7) is 0. The standard InChI is InChI=1S/C28H14Cl2N2O4/c29-17-9-15-19(27(35)13-7-3-1-5-11(13)25(15)33)23-21(17)32-24-20-16(10-18(30)22(24)31-23)26(34)12-6-2-4-8-14(12)28(20)36/h1-5,7-10,12,31-32H,6H2. The molecule has 6 nitrogen and oxygen atoms in total. The minimum atomic E-state index is -0.535. The third-order valence-corrected chi connectivity index (χ3v) is 7.77. The van der Waals surface area contributed by atoms with Gasteiger partial charge in [0.05, 0.1) is 49.0 Å². The lowest BCUT2D eigenvalue weighted by Gasteiger charge is -2.27. The van der Waals surface area contributed by atoms with Crippen LogP contribution in [0.4, 0.5) is 0 Å². The first-order chi connectivity index (χ1) is 17.4. The van der Waals surface area contributed by atoms with E-state index in [0.29, 0.717) is 44.8 Å². The maximum Gasteiger partial charge on any atom is 0.196 e. The topological polar surface area (TPSA) is 99.9 Å². The van der Waals surface area contributed by atoms with Crippen LogP contribution in [0.3, 0.4) is 0 Å². The molecular formula is C28H14Cl2N2O4. The summed E-state index contributed by atoms with van der Waals surface area (Å²) in [6.07, 6.45) is 5.76. The number of nitrogens with one attached hydrogen (secondary N) is 2. The van der Waals surface area contributed by atoms with Crippen molar-refractivity contribution in [1.29, 1.82) is 0 Å². The molecule has 7 rings (SSSR count). The van der Waals surface area contributed by atoms with Crippen LogP contribution < -0.4 is 10.9 Å². The molecule has 0 radical (unpaired) electrons. The molecule has 5 aromatic rings. The Morgan fingerprint density at radius 3 is 2.22 bits per heavy atom. The highest BCUT2D eigenvalue weighted by atomic mass is 35.5. The predicted octanol–water partition coefficient (Wildman–Crippen LogP) is 5.86. The van der Waals surface area contributed by atoms with Crippen molar-refractivity contribution in [3.8, 4) is 0 Å². The van der Waals surface area contributed by atoms with Crippen molar-refractivity contribution in [2.45, 2.75) is 6.42 Å². The number of aromatic nitrogens is 2. The zero-order valence-electron chi connectivity index (χ0n) is 18.4. The van der Waals surface area contributed by atoms with Crippen molar-refractivity contribution in [2.24, 2.45) is 5.92 Å². The highest BCUT2D eigenvalue weighted by Crippen LogP contribution is 2.40. The average Bonchev–Trinajstić information content (AvgIpc) is 2.89. The summed E-state index contributed by atoms with van der Waals surface area (Å²) in [5, 5.41) is 1.35. The molecule has 1 aromatic heterocycles. The fourth-order valence-electron chi connectivity index (χ4n) is 5.49. The molecule has 0 saturated carbocycles. The molecule has 0 amide bonds. The number of hydrogen-bond donors (Lipinski definition) is 2. The van der Waals surface area contributed by atoms with E-state index in [0.717, 1.165) is 0 Å². The van der Waals surface area contributed by atoms with Crippen LogP contribution >= 0.6 is 23.2 Å². The van der Waals surface area contributed by atoms with Crippen LogP contribution in [-0.4, -0.2) is 21.5 Å². The quantitative estimate of drug-likeness (QED) is 0.200. The molecule has 8 heteroatoms. The van der Waals surface area contributed by atoms with Gasteiger partial charge in [0.2, 0.25) is 0 Å². The number of benzene rings is 4. The van der Waals surface area contributed by atoms with Gasteiger partial charge in [-0.05, 0) is 18.6 Å². The van der Waals surface area contributed by atoms with Gasteiger partial charge >= 0.3 is 0 Å². The molecule has 4 aromatic carbocycles. The Morgan fingerprint density at radius 1 is 0.778 bits per heavy atom. The number of carbonyl (C=O) groups is 2. The number of hydrogen-bond acceptors (Lipinski definition) is 4. The minimum absolute atomic E-state index is 0.174. The van der Waals surface area contributed by atoms with Gasteiger partial charge in [-0.25, -0.2) is 0 Å². The molecule has 2 aliphatic rings. The van der Waals surface area contributed by atoms with Gasteiger partial charge in [0.1, 0.15) is 0 Å².